The third kappa shape index (κ3) is 5.26. The Labute approximate surface area is 212 Å². The molecule has 11 nitrogen and oxygen atoms in total. The zero-order valence-corrected chi connectivity index (χ0v) is 19.7. The van der Waals surface area contributed by atoms with Gasteiger partial charge in [-0.3, -0.25) is 0 Å². The van der Waals surface area contributed by atoms with Crippen LogP contribution >= 0.6 is 0 Å². The second kappa shape index (κ2) is 10.4. The molecule has 1 amide bonds. The van der Waals surface area contributed by atoms with Gasteiger partial charge >= 0.3 is 12.5 Å². The number of alkyl halides is 2. The molecule has 1 fully saturated rings. The largest absolute Gasteiger partial charge is 0.415 e. The number of tetrazole rings is 1. The number of nitrogens with two attached hydrogens (primary N) is 1. The van der Waals surface area contributed by atoms with Gasteiger partial charge in [0.05, 0.1) is 12.2 Å². The van der Waals surface area contributed by atoms with E-state index >= 15 is 0 Å². The summed E-state index contributed by atoms with van der Waals surface area (Å²) in [7, 11) is 0. The van der Waals surface area contributed by atoms with Crippen LogP contribution < -0.4 is 10.5 Å². The molecule has 4 aromatic rings. The molecule has 0 aliphatic carbocycles. The van der Waals surface area contributed by atoms with Crippen molar-refractivity contribution in [2.45, 2.75) is 32.2 Å². The Morgan fingerprint density at radius 2 is 1.76 bits per heavy atom. The number of carbonyl (C=O) groups excluding carboxylic acids is 1. The summed E-state index contributed by atoms with van der Waals surface area (Å²) in [6.45, 7) is 0.840. The van der Waals surface area contributed by atoms with Crippen LogP contribution in [0.25, 0.3) is 22.8 Å². The summed E-state index contributed by atoms with van der Waals surface area (Å²) in [6.07, 6.45) is -0.577. The fourth-order valence-electron chi connectivity index (χ4n) is 3.90. The third-order valence-electron chi connectivity index (χ3n) is 5.85. The lowest BCUT2D eigenvalue weighted by Crippen LogP contribution is -2.37. The molecule has 0 bridgehead atoms. The number of halogens is 4. The minimum atomic E-state index is -3.01. The van der Waals surface area contributed by atoms with Crippen molar-refractivity contribution in [1.82, 2.24) is 35.3 Å². The van der Waals surface area contributed by atoms with Crippen LogP contribution in [0.15, 0.2) is 34.7 Å². The molecule has 2 aromatic carbocycles. The summed E-state index contributed by atoms with van der Waals surface area (Å²) in [5, 5.41) is 18.4. The van der Waals surface area contributed by atoms with Crippen molar-refractivity contribution in [3.05, 3.63) is 53.4 Å². The summed E-state index contributed by atoms with van der Waals surface area (Å²) in [6, 6.07) is 6.33. The van der Waals surface area contributed by atoms with Crippen molar-refractivity contribution < 1.29 is 31.5 Å². The van der Waals surface area contributed by atoms with Gasteiger partial charge in [0.1, 0.15) is 11.6 Å². The molecule has 0 radical (unpaired) electrons. The van der Waals surface area contributed by atoms with Crippen molar-refractivity contribution in [3.63, 3.8) is 0 Å². The van der Waals surface area contributed by atoms with E-state index in [0.717, 1.165) is 36.2 Å². The zero-order chi connectivity index (χ0) is 26.8. The predicted molar refractivity (Wildman–Crippen MR) is 123 cm³/mol. The van der Waals surface area contributed by atoms with E-state index in [4.69, 9.17) is 14.9 Å². The SMILES string of the molecule is Nc1cc(-c2nnn(Cc3c(F)cc(-c4nnc(C(F)F)o4)cc3F)n2)ccc1OC(=O)N1CCCCC1. The molecule has 2 aromatic heterocycles. The van der Waals surface area contributed by atoms with E-state index in [1.807, 2.05) is 0 Å². The number of rotatable bonds is 6. The van der Waals surface area contributed by atoms with E-state index in [9.17, 15) is 22.4 Å². The van der Waals surface area contributed by atoms with E-state index < -0.39 is 48.0 Å². The maximum Gasteiger partial charge on any atom is 0.415 e. The quantitative estimate of drug-likeness (QED) is 0.286. The third-order valence-corrected chi connectivity index (χ3v) is 5.85. The Balaban J connectivity index is 1.29. The first-order valence-corrected chi connectivity index (χ1v) is 11.5. The van der Waals surface area contributed by atoms with Crippen molar-refractivity contribution in [2.24, 2.45) is 0 Å². The van der Waals surface area contributed by atoms with Crippen molar-refractivity contribution in [3.8, 4) is 28.6 Å². The van der Waals surface area contributed by atoms with Crippen LogP contribution in [0.3, 0.4) is 0 Å². The number of hydrogen-bond acceptors (Lipinski definition) is 9. The number of aromatic nitrogens is 6. The Morgan fingerprint density at radius 1 is 1.03 bits per heavy atom. The molecule has 0 spiro atoms. The van der Waals surface area contributed by atoms with Crippen LogP contribution in [0.2, 0.25) is 0 Å². The van der Waals surface area contributed by atoms with Crippen molar-refractivity contribution >= 4 is 11.8 Å². The minimum absolute atomic E-state index is 0.119. The molecular weight excluding hydrogens is 512 g/mol. The molecule has 0 saturated carbocycles. The van der Waals surface area contributed by atoms with Gasteiger partial charge in [-0.2, -0.15) is 13.6 Å². The topological polar surface area (TPSA) is 138 Å². The van der Waals surface area contributed by atoms with Gasteiger partial charge in [-0.25, -0.2) is 13.6 Å². The molecule has 198 valence electrons. The van der Waals surface area contributed by atoms with E-state index in [0.29, 0.717) is 18.7 Å². The molecule has 15 heteroatoms. The molecule has 3 heterocycles. The molecule has 2 N–H and O–H groups in total. The molecular formula is C23H20F4N8O3. The first kappa shape index (κ1) is 25.1. The predicted octanol–water partition coefficient (Wildman–Crippen LogP) is 4.22. The van der Waals surface area contributed by atoms with E-state index in [-0.39, 0.29) is 22.8 Å². The number of nitrogens with zero attached hydrogens (tertiary/aromatic N) is 7. The van der Waals surface area contributed by atoms with Gasteiger partial charge in [0.15, 0.2) is 5.75 Å². The van der Waals surface area contributed by atoms with Crippen LogP contribution in [0, 0.1) is 11.6 Å². The minimum Gasteiger partial charge on any atom is -0.415 e. The second-order valence-corrected chi connectivity index (χ2v) is 8.48. The lowest BCUT2D eigenvalue weighted by molar-refractivity contribution is 0.116. The number of likely N-dealkylation sites (tertiary alicyclic amines) is 1. The lowest BCUT2D eigenvalue weighted by atomic mass is 10.1. The molecule has 0 unspecified atom stereocenters. The lowest BCUT2D eigenvalue weighted by Gasteiger charge is -2.25. The Bertz CT molecular complexity index is 1450. The highest BCUT2D eigenvalue weighted by Crippen LogP contribution is 2.29. The smallest absolute Gasteiger partial charge is 0.415 e. The maximum atomic E-state index is 14.7. The Hall–Kier alpha value is -4.56. The molecule has 5 rings (SSSR count). The summed E-state index contributed by atoms with van der Waals surface area (Å²) in [5.74, 6) is -3.11. The number of piperidine rings is 1. The number of nitrogen functional groups attached to an aromatic ring is 1. The molecule has 0 atom stereocenters. The Kier molecular flexibility index (Phi) is 6.89. The Morgan fingerprint density at radius 3 is 2.42 bits per heavy atom. The van der Waals surface area contributed by atoms with Gasteiger partial charge in [-0.1, -0.05) is 0 Å². The van der Waals surface area contributed by atoms with Gasteiger partial charge in [-0.15, -0.1) is 20.4 Å². The zero-order valence-electron chi connectivity index (χ0n) is 19.7. The summed E-state index contributed by atoms with van der Waals surface area (Å²) >= 11 is 0. The van der Waals surface area contributed by atoms with Crippen LogP contribution in [0.5, 0.6) is 5.75 Å². The highest BCUT2D eigenvalue weighted by molar-refractivity contribution is 5.75. The van der Waals surface area contributed by atoms with Gasteiger partial charge in [-0.05, 0) is 54.8 Å². The van der Waals surface area contributed by atoms with Crippen LogP contribution in [0.1, 0.15) is 37.1 Å². The molecule has 1 aliphatic rings. The van der Waals surface area contributed by atoms with Gasteiger partial charge < -0.3 is 19.8 Å². The van der Waals surface area contributed by atoms with E-state index in [1.165, 1.54) is 12.1 Å². The fraction of sp³-hybridized carbons (Fsp3) is 0.304. The normalized spacial score (nSPS) is 13.8. The van der Waals surface area contributed by atoms with Crippen LogP contribution in [-0.4, -0.2) is 54.5 Å². The van der Waals surface area contributed by atoms with Crippen molar-refractivity contribution in [1.29, 1.82) is 0 Å². The average Bonchev–Trinajstić information content (AvgIpc) is 3.58. The summed E-state index contributed by atoms with van der Waals surface area (Å²) in [4.78, 5) is 14.9. The highest BCUT2D eigenvalue weighted by Gasteiger charge is 2.22. The van der Waals surface area contributed by atoms with Crippen LogP contribution in [0.4, 0.5) is 28.0 Å². The maximum absolute atomic E-state index is 14.7. The number of benzene rings is 2. The highest BCUT2D eigenvalue weighted by atomic mass is 19.3. The summed E-state index contributed by atoms with van der Waals surface area (Å²) < 4.78 is 64.8. The number of anilines is 1. The van der Waals surface area contributed by atoms with E-state index in [2.05, 4.69) is 25.6 Å². The number of ether oxygens (including phenoxy) is 1. The van der Waals surface area contributed by atoms with Gasteiger partial charge in [0, 0.05) is 29.8 Å². The second-order valence-electron chi connectivity index (χ2n) is 8.48. The first-order valence-electron chi connectivity index (χ1n) is 11.5. The number of hydrogen-bond donors (Lipinski definition) is 1. The number of amides is 1. The molecule has 1 saturated heterocycles. The molecule has 1 aliphatic heterocycles. The van der Waals surface area contributed by atoms with Gasteiger partial charge in [0.25, 0.3) is 5.89 Å². The molecule has 38 heavy (non-hydrogen) atoms. The van der Waals surface area contributed by atoms with Crippen molar-refractivity contribution in [2.75, 3.05) is 18.8 Å². The fourth-order valence-corrected chi connectivity index (χ4v) is 3.90. The first-order chi connectivity index (χ1) is 18.3. The monoisotopic (exact) mass is 532 g/mol. The van der Waals surface area contributed by atoms with Crippen LogP contribution in [-0.2, 0) is 6.54 Å². The standard InChI is InChI=1S/C23H20F4N8O3/c24-15-8-13(21-30-31-22(38-21)19(26)27)9-16(25)14(15)11-35-32-20(29-33-35)12-4-5-18(17(28)10-12)37-23(36)34-6-2-1-3-7-34/h4-5,8-10,19H,1-3,6-7,11,28H2. The van der Waals surface area contributed by atoms with E-state index in [1.54, 1.807) is 11.0 Å². The van der Waals surface area contributed by atoms with Gasteiger partial charge in [0.2, 0.25) is 11.7 Å². The number of carbonyl (C=O) groups is 1. The average molecular weight is 532 g/mol. The summed E-state index contributed by atoms with van der Waals surface area (Å²) in [5.41, 5.74) is 6.06.